The van der Waals surface area contributed by atoms with E-state index >= 15 is 0 Å². The Hall–Kier alpha value is -1.15. The van der Waals surface area contributed by atoms with Crippen LogP contribution in [0.1, 0.15) is 6.92 Å². The molecule has 4 nitrogen and oxygen atoms in total. The first kappa shape index (κ1) is 15.9. The van der Waals surface area contributed by atoms with E-state index in [4.69, 9.17) is 5.11 Å². The minimum Gasteiger partial charge on any atom is -0.460 e. The maximum atomic E-state index is 12.2. The number of carbonyl (C=O) groups excluding carboxylic acids is 1. The molecule has 2 atom stereocenters. The largest absolute Gasteiger partial charge is 0.460 e. The minimum absolute atomic E-state index is 0.0665. The number of esters is 1. The van der Waals surface area contributed by atoms with Gasteiger partial charge in [-0.2, -0.15) is 13.2 Å². The Labute approximate surface area is 94.8 Å². The number of halogens is 4. The van der Waals surface area contributed by atoms with Gasteiger partial charge in [0, 0.05) is 5.57 Å². The van der Waals surface area contributed by atoms with E-state index in [9.17, 15) is 22.4 Å². The molecule has 1 N–H and O–H groups in total. The average molecular weight is 260 g/mol. The highest BCUT2D eigenvalue weighted by Gasteiger charge is 2.41. The summed E-state index contributed by atoms with van der Waals surface area (Å²) in [5.41, 5.74) is 0.0665. The number of carbonyl (C=O) groups is 1. The lowest BCUT2D eigenvalue weighted by molar-refractivity contribution is -0.269. The van der Waals surface area contributed by atoms with Crippen LogP contribution in [0.3, 0.4) is 0 Å². The summed E-state index contributed by atoms with van der Waals surface area (Å²) in [4.78, 5) is 10.8. The summed E-state index contributed by atoms with van der Waals surface area (Å²) in [5.74, 6) is -0.809. The molecule has 0 aliphatic rings. The standard InChI is InChI=1S/C9H12F4O4/c1-5(2)7(15)16-3-6(14)4-17-8(10)9(11,12)13/h6,8,14H,1,3-4H2,2H3. The Morgan fingerprint density at radius 3 is 2.35 bits per heavy atom. The predicted molar refractivity (Wildman–Crippen MR) is 48.7 cm³/mol. The van der Waals surface area contributed by atoms with E-state index in [0.29, 0.717) is 0 Å². The third kappa shape index (κ3) is 6.90. The molecule has 100 valence electrons. The first-order valence-electron chi connectivity index (χ1n) is 4.47. The molecule has 0 heterocycles. The fourth-order valence-electron chi connectivity index (χ4n) is 0.633. The van der Waals surface area contributed by atoms with Gasteiger partial charge in [-0.05, 0) is 6.92 Å². The van der Waals surface area contributed by atoms with Crippen molar-refractivity contribution in [1.29, 1.82) is 0 Å². The Morgan fingerprint density at radius 2 is 1.94 bits per heavy atom. The van der Waals surface area contributed by atoms with Gasteiger partial charge in [-0.3, -0.25) is 0 Å². The average Bonchev–Trinajstić information content (AvgIpc) is 2.20. The molecule has 0 fully saturated rings. The summed E-state index contributed by atoms with van der Waals surface area (Å²) in [6.07, 6.45) is -10.2. The van der Waals surface area contributed by atoms with Gasteiger partial charge in [-0.25, -0.2) is 9.18 Å². The zero-order valence-electron chi connectivity index (χ0n) is 8.96. The maximum absolute atomic E-state index is 12.2. The Balaban J connectivity index is 3.85. The summed E-state index contributed by atoms with van der Waals surface area (Å²) < 4.78 is 55.3. The van der Waals surface area contributed by atoms with Crippen LogP contribution in [0.25, 0.3) is 0 Å². The van der Waals surface area contributed by atoms with Crippen LogP contribution < -0.4 is 0 Å². The maximum Gasteiger partial charge on any atom is 0.445 e. The second-order valence-electron chi connectivity index (χ2n) is 3.22. The molecule has 0 aromatic rings. The second-order valence-corrected chi connectivity index (χ2v) is 3.22. The molecule has 0 aliphatic carbocycles. The number of hydrogen-bond donors (Lipinski definition) is 1. The lowest BCUT2D eigenvalue weighted by Gasteiger charge is -2.16. The quantitative estimate of drug-likeness (QED) is 0.445. The summed E-state index contributed by atoms with van der Waals surface area (Å²) >= 11 is 0. The first-order chi connectivity index (χ1) is 7.64. The van der Waals surface area contributed by atoms with Crippen LogP contribution in [0.4, 0.5) is 17.6 Å². The lowest BCUT2D eigenvalue weighted by atomic mass is 10.3. The van der Waals surface area contributed by atoms with E-state index in [1.165, 1.54) is 6.92 Å². The zero-order chi connectivity index (χ0) is 13.6. The molecule has 0 rings (SSSR count). The third-order valence-corrected chi connectivity index (χ3v) is 1.45. The molecular weight excluding hydrogens is 248 g/mol. The Bertz CT molecular complexity index is 277. The summed E-state index contributed by atoms with van der Waals surface area (Å²) in [6, 6.07) is 0. The van der Waals surface area contributed by atoms with E-state index in [-0.39, 0.29) is 5.57 Å². The molecule has 0 aliphatic heterocycles. The molecule has 0 saturated carbocycles. The van der Waals surface area contributed by atoms with Crippen LogP contribution in [0.15, 0.2) is 12.2 Å². The van der Waals surface area contributed by atoms with E-state index in [1.807, 2.05) is 0 Å². The second kappa shape index (κ2) is 6.55. The number of aliphatic hydroxyl groups excluding tert-OH is 1. The molecule has 0 radical (unpaired) electrons. The van der Waals surface area contributed by atoms with Crippen molar-refractivity contribution in [3.63, 3.8) is 0 Å². The molecule has 0 amide bonds. The van der Waals surface area contributed by atoms with E-state index in [2.05, 4.69) is 16.1 Å². The smallest absolute Gasteiger partial charge is 0.445 e. The van der Waals surface area contributed by atoms with Crippen molar-refractivity contribution >= 4 is 5.97 Å². The summed E-state index contributed by atoms with van der Waals surface area (Å²) in [6.45, 7) is 3.06. The fourth-order valence-corrected chi connectivity index (χ4v) is 0.633. The highest BCUT2D eigenvalue weighted by atomic mass is 19.4. The van der Waals surface area contributed by atoms with Crippen molar-refractivity contribution in [2.45, 2.75) is 25.6 Å². The third-order valence-electron chi connectivity index (χ3n) is 1.45. The van der Waals surface area contributed by atoms with Crippen molar-refractivity contribution in [2.24, 2.45) is 0 Å². The van der Waals surface area contributed by atoms with E-state index < -0.39 is 37.8 Å². The topological polar surface area (TPSA) is 55.8 Å². The molecule has 0 bridgehead atoms. The number of rotatable bonds is 6. The van der Waals surface area contributed by atoms with E-state index in [1.54, 1.807) is 0 Å². The van der Waals surface area contributed by atoms with Gasteiger partial charge in [-0.15, -0.1) is 0 Å². The zero-order valence-corrected chi connectivity index (χ0v) is 8.96. The number of aliphatic hydroxyl groups is 1. The summed E-state index contributed by atoms with van der Waals surface area (Å²) in [7, 11) is 0. The number of alkyl halides is 4. The van der Waals surface area contributed by atoms with Gasteiger partial charge < -0.3 is 14.6 Å². The van der Waals surface area contributed by atoms with E-state index in [0.717, 1.165) is 0 Å². The molecule has 17 heavy (non-hydrogen) atoms. The lowest BCUT2D eigenvalue weighted by Crippen LogP contribution is -2.32. The van der Waals surface area contributed by atoms with Crippen molar-refractivity contribution < 1.29 is 36.9 Å². The first-order valence-corrected chi connectivity index (χ1v) is 4.47. The molecule has 0 aromatic carbocycles. The van der Waals surface area contributed by atoms with Gasteiger partial charge in [0.25, 0.3) is 6.36 Å². The van der Waals surface area contributed by atoms with Gasteiger partial charge in [0.2, 0.25) is 0 Å². The van der Waals surface area contributed by atoms with Crippen molar-refractivity contribution in [3.8, 4) is 0 Å². The van der Waals surface area contributed by atoms with Crippen LogP contribution >= 0.6 is 0 Å². The molecule has 0 saturated heterocycles. The van der Waals surface area contributed by atoms with Crippen molar-refractivity contribution in [1.82, 2.24) is 0 Å². The van der Waals surface area contributed by atoms with Gasteiger partial charge in [-0.1, -0.05) is 6.58 Å². The van der Waals surface area contributed by atoms with Crippen LogP contribution in [0.2, 0.25) is 0 Å². The molecular formula is C9H12F4O4. The SMILES string of the molecule is C=C(C)C(=O)OCC(O)COC(F)C(F)(F)F. The van der Waals surface area contributed by atoms with Gasteiger partial charge in [0.05, 0.1) is 6.61 Å². The fraction of sp³-hybridized carbons (Fsp3) is 0.667. The Morgan fingerprint density at radius 1 is 1.41 bits per heavy atom. The predicted octanol–water partition coefficient (Wildman–Crippen LogP) is 1.34. The molecule has 0 spiro atoms. The van der Waals surface area contributed by atoms with Gasteiger partial charge >= 0.3 is 12.1 Å². The monoisotopic (exact) mass is 260 g/mol. The highest BCUT2D eigenvalue weighted by Crippen LogP contribution is 2.23. The van der Waals surface area contributed by atoms with Crippen molar-refractivity contribution in [2.75, 3.05) is 13.2 Å². The number of ether oxygens (including phenoxy) is 2. The molecule has 2 unspecified atom stereocenters. The van der Waals surface area contributed by atoms with Gasteiger partial charge in [0.1, 0.15) is 12.7 Å². The van der Waals surface area contributed by atoms with Gasteiger partial charge in [0.15, 0.2) is 0 Å². The normalized spacial score (nSPS) is 15.2. The van der Waals surface area contributed by atoms with Crippen molar-refractivity contribution in [3.05, 3.63) is 12.2 Å². The van der Waals surface area contributed by atoms with Crippen LogP contribution in [0.5, 0.6) is 0 Å². The van der Waals surface area contributed by atoms with Crippen LogP contribution in [0, 0.1) is 0 Å². The highest BCUT2D eigenvalue weighted by molar-refractivity contribution is 5.86. The molecule has 0 aromatic heterocycles. The Kier molecular flexibility index (Phi) is 6.11. The van der Waals surface area contributed by atoms with Crippen LogP contribution in [-0.4, -0.2) is 42.9 Å². The minimum atomic E-state index is -5.14. The molecule has 8 heteroatoms. The summed E-state index contributed by atoms with van der Waals surface area (Å²) in [5, 5.41) is 9.03. The number of hydrogen-bond acceptors (Lipinski definition) is 4. The van der Waals surface area contributed by atoms with Crippen LogP contribution in [-0.2, 0) is 14.3 Å².